The number of hydrogen-bond donors (Lipinski definition) is 1. The number of anilines is 1. The van der Waals surface area contributed by atoms with E-state index in [1.807, 2.05) is 35.3 Å². The van der Waals surface area contributed by atoms with Crippen LogP contribution < -0.4 is 5.73 Å². The second-order valence-electron chi connectivity index (χ2n) is 5.60. The molecule has 1 saturated heterocycles. The summed E-state index contributed by atoms with van der Waals surface area (Å²) in [7, 11) is 2.17. The molecule has 0 amide bonds. The molecule has 2 N–H and O–H groups in total. The van der Waals surface area contributed by atoms with Crippen LogP contribution in [0.3, 0.4) is 0 Å². The Labute approximate surface area is 125 Å². The van der Waals surface area contributed by atoms with Crippen LogP contribution in [0.4, 0.5) is 5.69 Å². The molecule has 1 fully saturated rings. The molecule has 0 aliphatic carbocycles. The average Bonchev–Trinajstić information content (AvgIpc) is 2.96. The van der Waals surface area contributed by atoms with Crippen molar-refractivity contribution in [2.45, 2.75) is 6.54 Å². The van der Waals surface area contributed by atoms with Crippen molar-refractivity contribution in [3.05, 3.63) is 30.6 Å². The van der Waals surface area contributed by atoms with Gasteiger partial charge < -0.3 is 10.6 Å². The summed E-state index contributed by atoms with van der Waals surface area (Å²) in [6.45, 7) is 6.47. The van der Waals surface area contributed by atoms with Gasteiger partial charge in [0.2, 0.25) is 0 Å². The second-order valence-corrected chi connectivity index (χ2v) is 5.60. The van der Waals surface area contributed by atoms with Crippen LogP contribution in [-0.4, -0.2) is 64.3 Å². The Balaban J connectivity index is 1.56. The van der Waals surface area contributed by atoms with E-state index < -0.39 is 0 Å². The van der Waals surface area contributed by atoms with E-state index in [0.717, 1.165) is 56.3 Å². The lowest BCUT2D eigenvalue weighted by Gasteiger charge is -2.32. The van der Waals surface area contributed by atoms with Gasteiger partial charge >= 0.3 is 0 Å². The van der Waals surface area contributed by atoms with Crippen molar-refractivity contribution in [3.63, 3.8) is 0 Å². The maximum atomic E-state index is 5.70. The van der Waals surface area contributed by atoms with Crippen molar-refractivity contribution in [2.75, 3.05) is 45.5 Å². The first kappa shape index (κ1) is 14.0. The van der Waals surface area contributed by atoms with E-state index in [4.69, 9.17) is 5.73 Å². The van der Waals surface area contributed by atoms with Crippen molar-refractivity contribution < 1.29 is 0 Å². The molecule has 1 aliphatic rings. The van der Waals surface area contributed by atoms with Crippen LogP contribution in [-0.2, 0) is 6.54 Å². The third kappa shape index (κ3) is 3.59. The topological polar surface area (TPSA) is 63.2 Å². The zero-order chi connectivity index (χ0) is 14.7. The van der Waals surface area contributed by atoms with E-state index in [2.05, 4.69) is 26.9 Å². The highest BCUT2D eigenvalue weighted by Crippen LogP contribution is 2.15. The maximum Gasteiger partial charge on any atom is 0.181 e. The number of benzene rings is 1. The first-order valence-corrected chi connectivity index (χ1v) is 7.37. The molecule has 0 atom stereocenters. The number of likely N-dealkylation sites (N-methyl/N-ethyl adjacent to an activating group) is 1. The number of aromatic nitrogens is 3. The Bertz CT molecular complexity index is 568. The van der Waals surface area contributed by atoms with Gasteiger partial charge in [0.15, 0.2) is 5.82 Å². The number of piperazine rings is 1. The van der Waals surface area contributed by atoms with Gasteiger partial charge in [-0.05, 0) is 31.3 Å². The molecule has 0 radical (unpaired) electrons. The van der Waals surface area contributed by atoms with Crippen LogP contribution in [0.25, 0.3) is 11.4 Å². The van der Waals surface area contributed by atoms with Crippen LogP contribution in [0.2, 0.25) is 0 Å². The minimum absolute atomic E-state index is 0.758. The Morgan fingerprint density at radius 3 is 2.48 bits per heavy atom. The summed E-state index contributed by atoms with van der Waals surface area (Å²) in [6, 6.07) is 7.66. The molecule has 0 unspecified atom stereocenters. The first-order chi connectivity index (χ1) is 10.2. The van der Waals surface area contributed by atoms with Gasteiger partial charge in [0.1, 0.15) is 6.33 Å². The fourth-order valence-electron chi connectivity index (χ4n) is 2.48. The van der Waals surface area contributed by atoms with Gasteiger partial charge in [0.25, 0.3) is 0 Å². The van der Waals surface area contributed by atoms with Crippen LogP contribution in [0.5, 0.6) is 0 Å². The molecule has 3 rings (SSSR count). The van der Waals surface area contributed by atoms with E-state index in [1.54, 1.807) is 0 Å². The summed E-state index contributed by atoms with van der Waals surface area (Å²) in [6.07, 6.45) is 1.81. The molecule has 2 aromatic rings. The maximum absolute atomic E-state index is 5.70. The van der Waals surface area contributed by atoms with Gasteiger partial charge in [-0.1, -0.05) is 0 Å². The fourth-order valence-corrected chi connectivity index (χ4v) is 2.48. The third-order valence-electron chi connectivity index (χ3n) is 3.95. The summed E-state index contributed by atoms with van der Waals surface area (Å²) >= 11 is 0. The molecule has 2 heterocycles. The highest BCUT2D eigenvalue weighted by Gasteiger charge is 2.13. The molecule has 6 nitrogen and oxygen atoms in total. The summed E-state index contributed by atoms with van der Waals surface area (Å²) in [4.78, 5) is 9.22. The van der Waals surface area contributed by atoms with Gasteiger partial charge in [0.05, 0.1) is 6.54 Å². The molecule has 112 valence electrons. The largest absolute Gasteiger partial charge is 0.399 e. The van der Waals surface area contributed by atoms with E-state index in [0.29, 0.717) is 0 Å². The highest BCUT2D eigenvalue weighted by molar-refractivity contribution is 5.57. The van der Waals surface area contributed by atoms with Crippen molar-refractivity contribution >= 4 is 5.69 Å². The summed E-state index contributed by atoms with van der Waals surface area (Å²) in [5, 5.41) is 4.54. The molecule has 21 heavy (non-hydrogen) atoms. The Kier molecular flexibility index (Phi) is 4.17. The number of nitrogens with zero attached hydrogens (tertiary/aromatic N) is 5. The van der Waals surface area contributed by atoms with Crippen LogP contribution in [0.15, 0.2) is 30.6 Å². The van der Waals surface area contributed by atoms with Crippen LogP contribution in [0, 0.1) is 0 Å². The van der Waals surface area contributed by atoms with Crippen molar-refractivity contribution in [1.82, 2.24) is 24.6 Å². The van der Waals surface area contributed by atoms with E-state index in [1.165, 1.54) is 0 Å². The number of rotatable bonds is 4. The lowest BCUT2D eigenvalue weighted by atomic mass is 10.2. The van der Waals surface area contributed by atoms with Crippen LogP contribution >= 0.6 is 0 Å². The van der Waals surface area contributed by atoms with Gasteiger partial charge in [-0.25, -0.2) is 4.98 Å². The Morgan fingerprint density at radius 1 is 1.05 bits per heavy atom. The van der Waals surface area contributed by atoms with E-state index in [-0.39, 0.29) is 0 Å². The number of hydrogen-bond acceptors (Lipinski definition) is 5. The molecule has 0 saturated carbocycles. The van der Waals surface area contributed by atoms with Crippen molar-refractivity contribution in [3.8, 4) is 11.4 Å². The zero-order valence-electron chi connectivity index (χ0n) is 12.4. The van der Waals surface area contributed by atoms with E-state index in [9.17, 15) is 0 Å². The lowest BCUT2D eigenvalue weighted by molar-refractivity contribution is 0.149. The van der Waals surface area contributed by atoms with Gasteiger partial charge in [-0.15, -0.1) is 0 Å². The molecular weight excluding hydrogens is 264 g/mol. The standard InChI is InChI=1S/C15H22N6/c1-19-6-8-20(9-7-19)10-11-21-12-17-15(18-21)13-2-4-14(16)5-3-13/h2-5,12H,6-11,16H2,1H3. The van der Waals surface area contributed by atoms with Gasteiger partial charge in [-0.2, -0.15) is 5.10 Å². The average molecular weight is 286 g/mol. The first-order valence-electron chi connectivity index (χ1n) is 7.37. The molecule has 1 aliphatic heterocycles. The zero-order valence-corrected chi connectivity index (χ0v) is 12.4. The quantitative estimate of drug-likeness (QED) is 0.841. The minimum Gasteiger partial charge on any atom is -0.399 e. The molecule has 1 aromatic heterocycles. The monoisotopic (exact) mass is 286 g/mol. The normalized spacial score (nSPS) is 17.2. The fraction of sp³-hybridized carbons (Fsp3) is 0.467. The van der Waals surface area contributed by atoms with Crippen molar-refractivity contribution in [1.29, 1.82) is 0 Å². The molecule has 0 spiro atoms. The molecule has 0 bridgehead atoms. The number of nitrogen functional groups attached to an aromatic ring is 1. The lowest BCUT2D eigenvalue weighted by Crippen LogP contribution is -2.45. The molecular formula is C15H22N6. The SMILES string of the molecule is CN1CCN(CCn2cnc(-c3ccc(N)cc3)n2)CC1. The van der Waals surface area contributed by atoms with Gasteiger partial charge in [-0.3, -0.25) is 9.58 Å². The Morgan fingerprint density at radius 2 is 1.76 bits per heavy atom. The number of nitrogens with two attached hydrogens (primary N) is 1. The Hall–Kier alpha value is -1.92. The summed E-state index contributed by atoms with van der Waals surface area (Å²) < 4.78 is 1.92. The minimum atomic E-state index is 0.758. The predicted octanol–water partition coefficient (Wildman–Crippen LogP) is 0.775. The van der Waals surface area contributed by atoms with Crippen LogP contribution in [0.1, 0.15) is 0 Å². The van der Waals surface area contributed by atoms with E-state index >= 15 is 0 Å². The highest BCUT2D eigenvalue weighted by atomic mass is 15.3. The summed E-state index contributed by atoms with van der Waals surface area (Å²) in [5.41, 5.74) is 7.46. The predicted molar refractivity (Wildman–Crippen MR) is 83.8 cm³/mol. The smallest absolute Gasteiger partial charge is 0.181 e. The third-order valence-corrected chi connectivity index (χ3v) is 3.95. The molecule has 1 aromatic carbocycles. The van der Waals surface area contributed by atoms with Gasteiger partial charge in [0, 0.05) is 44.0 Å². The summed E-state index contributed by atoms with van der Waals surface area (Å²) in [5.74, 6) is 0.758. The molecule has 6 heteroatoms. The van der Waals surface area contributed by atoms with Crippen molar-refractivity contribution in [2.24, 2.45) is 0 Å². The second kappa shape index (κ2) is 6.24.